The van der Waals surface area contributed by atoms with Crippen molar-refractivity contribution in [3.8, 4) is 0 Å². The van der Waals surface area contributed by atoms with Gasteiger partial charge in [0.15, 0.2) is 0 Å². The molecular weight excluding hydrogens is 90.1 g/mol. The van der Waals surface area contributed by atoms with Crippen LogP contribution in [0.1, 0.15) is 19.3 Å². The van der Waals surface area contributed by atoms with Gasteiger partial charge in [-0.05, 0) is 19.3 Å². The molecule has 0 spiro atoms. The third-order valence-electron chi connectivity index (χ3n) is 1.13. The molecule has 0 atom stereocenters. The van der Waals surface area contributed by atoms with Crippen molar-refractivity contribution in [3.63, 3.8) is 0 Å². The molecule has 0 radical (unpaired) electrons. The molecule has 0 aliphatic carbocycles. The van der Waals surface area contributed by atoms with E-state index < -0.39 is 0 Å². The number of rotatable bonds is 0. The van der Waals surface area contributed by atoms with Crippen LogP contribution in [-0.2, 0) is 4.84 Å². The quantitative estimate of drug-likeness (QED) is 0.484. The van der Waals surface area contributed by atoms with Crippen LogP contribution in [0.5, 0.6) is 0 Å². The lowest BCUT2D eigenvalue weighted by atomic mass is 10.2. The van der Waals surface area contributed by atoms with Gasteiger partial charge >= 0.3 is 0 Å². The van der Waals surface area contributed by atoms with Gasteiger partial charge in [-0.15, -0.1) is 0 Å². The van der Waals surface area contributed by atoms with Crippen molar-refractivity contribution in [2.45, 2.75) is 19.3 Å². The van der Waals surface area contributed by atoms with Gasteiger partial charge in [0, 0.05) is 6.54 Å². The molecule has 0 saturated carbocycles. The second kappa shape index (κ2) is 2.99. The molecule has 0 aromatic heterocycles. The van der Waals surface area contributed by atoms with Gasteiger partial charge in [0.25, 0.3) is 0 Å². The smallest absolute Gasteiger partial charge is 0.0682 e. The molecule has 1 aliphatic rings. The van der Waals surface area contributed by atoms with Gasteiger partial charge in [-0.1, -0.05) is 0 Å². The van der Waals surface area contributed by atoms with Crippen molar-refractivity contribution in [1.82, 2.24) is 5.48 Å². The lowest BCUT2D eigenvalue weighted by Crippen LogP contribution is -2.12. The van der Waals surface area contributed by atoms with Crippen molar-refractivity contribution in [2.24, 2.45) is 0 Å². The SMILES string of the molecule is C1CCNOCC1. The average molecular weight is 101 g/mol. The fraction of sp³-hybridized carbons (Fsp3) is 1.00. The zero-order chi connectivity index (χ0) is 4.95. The number of hydrogen-bond donors (Lipinski definition) is 1. The Labute approximate surface area is 43.8 Å². The highest BCUT2D eigenvalue weighted by molar-refractivity contribution is 4.44. The fourth-order valence-electron chi connectivity index (χ4n) is 0.693. The Bertz CT molecular complexity index is 27.7. The van der Waals surface area contributed by atoms with E-state index in [9.17, 15) is 0 Å². The fourth-order valence-corrected chi connectivity index (χ4v) is 0.693. The van der Waals surface area contributed by atoms with Crippen molar-refractivity contribution in [3.05, 3.63) is 0 Å². The predicted molar refractivity (Wildman–Crippen MR) is 27.8 cm³/mol. The molecule has 0 bridgehead atoms. The van der Waals surface area contributed by atoms with Crippen LogP contribution in [0.2, 0.25) is 0 Å². The number of hydrogen-bond acceptors (Lipinski definition) is 2. The second-order valence-corrected chi connectivity index (χ2v) is 1.80. The van der Waals surface area contributed by atoms with Crippen molar-refractivity contribution >= 4 is 0 Å². The minimum absolute atomic E-state index is 0.889. The van der Waals surface area contributed by atoms with Gasteiger partial charge in [-0.2, -0.15) is 0 Å². The topological polar surface area (TPSA) is 21.3 Å². The first kappa shape index (κ1) is 5.06. The first-order valence-corrected chi connectivity index (χ1v) is 2.85. The monoisotopic (exact) mass is 101 g/mol. The molecule has 42 valence electrons. The summed E-state index contributed by atoms with van der Waals surface area (Å²) in [5.74, 6) is 0. The zero-order valence-electron chi connectivity index (χ0n) is 4.44. The third-order valence-corrected chi connectivity index (χ3v) is 1.13. The van der Waals surface area contributed by atoms with E-state index in [2.05, 4.69) is 5.48 Å². The summed E-state index contributed by atoms with van der Waals surface area (Å²) < 4.78 is 0. The minimum atomic E-state index is 0.889. The van der Waals surface area contributed by atoms with E-state index in [1.165, 1.54) is 19.3 Å². The van der Waals surface area contributed by atoms with Crippen LogP contribution in [-0.4, -0.2) is 13.2 Å². The van der Waals surface area contributed by atoms with E-state index in [0.29, 0.717) is 0 Å². The number of nitrogens with one attached hydrogen (secondary N) is 1. The normalized spacial score (nSPS) is 24.0. The molecule has 1 N–H and O–H groups in total. The Hall–Kier alpha value is -0.0800. The van der Waals surface area contributed by atoms with Crippen LogP contribution in [0.3, 0.4) is 0 Å². The van der Waals surface area contributed by atoms with E-state index in [0.717, 1.165) is 13.2 Å². The third kappa shape index (κ3) is 1.90. The Kier molecular flexibility index (Phi) is 2.17. The average Bonchev–Trinajstić information content (AvgIpc) is 1.90. The highest BCUT2D eigenvalue weighted by Crippen LogP contribution is 1.96. The van der Waals surface area contributed by atoms with Crippen LogP contribution in [0.4, 0.5) is 0 Å². The van der Waals surface area contributed by atoms with Gasteiger partial charge in [-0.25, -0.2) is 5.48 Å². The molecule has 1 fully saturated rings. The van der Waals surface area contributed by atoms with Crippen molar-refractivity contribution < 1.29 is 4.84 Å². The Morgan fingerprint density at radius 2 is 2.14 bits per heavy atom. The minimum Gasteiger partial charge on any atom is -0.302 e. The van der Waals surface area contributed by atoms with E-state index in [1.54, 1.807) is 0 Å². The molecule has 2 nitrogen and oxygen atoms in total. The number of hydroxylamine groups is 1. The predicted octanol–water partition coefficient (Wildman–Crippen LogP) is 0.692. The molecule has 1 rings (SSSR count). The van der Waals surface area contributed by atoms with Gasteiger partial charge in [0.05, 0.1) is 6.61 Å². The summed E-state index contributed by atoms with van der Waals surface area (Å²) in [5, 5.41) is 0. The Morgan fingerprint density at radius 1 is 1.14 bits per heavy atom. The lowest BCUT2D eigenvalue weighted by Gasteiger charge is -1.94. The van der Waals surface area contributed by atoms with E-state index >= 15 is 0 Å². The molecule has 2 heteroatoms. The van der Waals surface area contributed by atoms with Gasteiger partial charge in [-0.3, -0.25) is 0 Å². The largest absolute Gasteiger partial charge is 0.302 e. The highest BCUT2D eigenvalue weighted by atomic mass is 16.6. The van der Waals surface area contributed by atoms with E-state index in [4.69, 9.17) is 4.84 Å². The van der Waals surface area contributed by atoms with Gasteiger partial charge in [0.1, 0.15) is 0 Å². The molecule has 0 unspecified atom stereocenters. The maximum Gasteiger partial charge on any atom is 0.0682 e. The summed E-state index contributed by atoms with van der Waals surface area (Å²) in [5.41, 5.74) is 2.85. The molecule has 0 amide bonds. The van der Waals surface area contributed by atoms with Crippen LogP contribution in [0.25, 0.3) is 0 Å². The van der Waals surface area contributed by atoms with E-state index in [-0.39, 0.29) is 0 Å². The molecule has 1 heterocycles. The van der Waals surface area contributed by atoms with E-state index in [1.807, 2.05) is 0 Å². The van der Waals surface area contributed by atoms with Crippen molar-refractivity contribution in [1.29, 1.82) is 0 Å². The maximum atomic E-state index is 4.94. The van der Waals surface area contributed by atoms with Crippen LogP contribution >= 0.6 is 0 Å². The maximum absolute atomic E-state index is 4.94. The molecule has 1 aliphatic heterocycles. The summed E-state index contributed by atoms with van der Waals surface area (Å²) in [6.45, 7) is 1.92. The molecule has 0 aromatic rings. The lowest BCUT2D eigenvalue weighted by molar-refractivity contribution is 0.0525. The van der Waals surface area contributed by atoms with Gasteiger partial charge < -0.3 is 4.84 Å². The van der Waals surface area contributed by atoms with Crippen molar-refractivity contribution in [2.75, 3.05) is 13.2 Å². The summed E-state index contributed by atoms with van der Waals surface area (Å²) in [6.07, 6.45) is 3.79. The second-order valence-electron chi connectivity index (χ2n) is 1.80. The first-order valence-electron chi connectivity index (χ1n) is 2.85. The summed E-state index contributed by atoms with van der Waals surface area (Å²) in [7, 11) is 0. The molecule has 0 aromatic carbocycles. The van der Waals surface area contributed by atoms with Crippen LogP contribution < -0.4 is 5.48 Å². The van der Waals surface area contributed by atoms with Gasteiger partial charge in [0.2, 0.25) is 0 Å². The summed E-state index contributed by atoms with van der Waals surface area (Å²) in [4.78, 5) is 4.94. The Balaban J connectivity index is 2.04. The highest BCUT2D eigenvalue weighted by Gasteiger charge is 1.94. The van der Waals surface area contributed by atoms with Crippen LogP contribution in [0, 0.1) is 0 Å². The summed E-state index contributed by atoms with van der Waals surface area (Å²) in [6, 6.07) is 0. The van der Waals surface area contributed by atoms with Crippen LogP contribution in [0.15, 0.2) is 0 Å². The zero-order valence-corrected chi connectivity index (χ0v) is 4.44. The standard InChI is InChI=1S/C5H11NO/c1-2-4-6-7-5-3-1/h6H,1-5H2. The summed E-state index contributed by atoms with van der Waals surface area (Å²) >= 11 is 0. The molecular formula is C5H11NO. The Morgan fingerprint density at radius 3 is 3.14 bits per heavy atom. The first-order chi connectivity index (χ1) is 3.50. The molecule has 7 heavy (non-hydrogen) atoms. The molecule has 1 saturated heterocycles.